The number of nitro benzene ring substituents is 1. The molecule has 0 atom stereocenters. The molecular formula is C17H18N2O4. The summed E-state index contributed by atoms with van der Waals surface area (Å²) in [6, 6.07) is 14.7. The van der Waals surface area contributed by atoms with Crippen molar-refractivity contribution in [1.29, 1.82) is 0 Å². The molecular weight excluding hydrogens is 296 g/mol. The number of nitrogens with zero attached hydrogens (tertiary/aromatic N) is 2. The number of hydrogen-bond acceptors (Lipinski definition) is 5. The lowest BCUT2D eigenvalue weighted by atomic mass is 10.1. The van der Waals surface area contributed by atoms with E-state index < -0.39 is 4.92 Å². The van der Waals surface area contributed by atoms with Gasteiger partial charge in [0, 0.05) is 32.0 Å². The maximum absolute atomic E-state index is 11.3. The van der Waals surface area contributed by atoms with Crippen molar-refractivity contribution in [1.82, 2.24) is 0 Å². The monoisotopic (exact) mass is 314 g/mol. The fraction of sp³-hybridized carbons (Fsp3) is 0.294. The van der Waals surface area contributed by atoms with Crippen molar-refractivity contribution < 1.29 is 14.4 Å². The Kier molecular flexibility index (Phi) is 4.43. The van der Waals surface area contributed by atoms with E-state index in [0.717, 1.165) is 24.3 Å². The molecule has 0 N–H and O–H groups in total. The molecule has 0 radical (unpaired) electrons. The molecule has 1 heterocycles. The van der Waals surface area contributed by atoms with Crippen molar-refractivity contribution in [3.8, 4) is 5.75 Å². The van der Waals surface area contributed by atoms with E-state index in [9.17, 15) is 10.1 Å². The summed E-state index contributed by atoms with van der Waals surface area (Å²) in [6.07, 6.45) is 0.197. The van der Waals surface area contributed by atoms with Crippen LogP contribution >= 0.6 is 0 Å². The fourth-order valence-electron chi connectivity index (χ4n) is 2.50. The molecule has 0 saturated carbocycles. The molecule has 1 fully saturated rings. The lowest BCUT2D eigenvalue weighted by Gasteiger charge is -2.39. The topological polar surface area (TPSA) is 64.8 Å². The van der Waals surface area contributed by atoms with E-state index in [-0.39, 0.29) is 17.5 Å². The van der Waals surface area contributed by atoms with Crippen LogP contribution in [-0.2, 0) is 11.3 Å². The second kappa shape index (κ2) is 6.66. The maximum atomic E-state index is 11.3. The van der Waals surface area contributed by atoms with E-state index in [1.54, 1.807) is 19.2 Å². The third-order valence-electron chi connectivity index (χ3n) is 3.92. The van der Waals surface area contributed by atoms with Crippen LogP contribution in [0.2, 0.25) is 0 Å². The van der Waals surface area contributed by atoms with Gasteiger partial charge in [0.2, 0.25) is 0 Å². The average molecular weight is 314 g/mol. The van der Waals surface area contributed by atoms with E-state index in [1.165, 1.54) is 0 Å². The van der Waals surface area contributed by atoms with E-state index in [4.69, 9.17) is 9.47 Å². The van der Waals surface area contributed by atoms with Crippen LogP contribution in [0.3, 0.4) is 0 Å². The van der Waals surface area contributed by atoms with E-state index >= 15 is 0 Å². The molecule has 0 spiro atoms. The molecule has 0 aliphatic carbocycles. The zero-order valence-electron chi connectivity index (χ0n) is 12.8. The molecule has 120 valence electrons. The second-order valence-electron chi connectivity index (χ2n) is 5.45. The normalized spacial score (nSPS) is 14.4. The van der Waals surface area contributed by atoms with Crippen molar-refractivity contribution in [2.75, 3.05) is 25.1 Å². The zero-order valence-corrected chi connectivity index (χ0v) is 12.8. The highest BCUT2D eigenvalue weighted by Crippen LogP contribution is 2.34. The lowest BCUT2D eigenvalue weighted by Crippen LogP contribution is -2.51. The summed E-state index contributed by atoms with van der Waals surface area (Å²) in [5.74, 6) is 0.284. The van der Waals surface area contributed by atoms with Gasteiger partial charge in [-0.05, 0) is 17.7 Å². The van der Waals surface area contributed by atoms with Gasteiger partial charge in [0.25, 0.3) is 0 Å². The molecule has 1 aliphatic heterocycles. The largest absolute Gasteiger partial charge is 0.482 e. The Morgan fingerprint density at radius 3 is 2.61 bits per heavy atom. The van der Waals surface area contributed by atoms with E-state index in [2.05, 4.69) is 0 Å². The van der Waals surface area contributed by atoms with Crippen LogP contribution in [-0.4, -0.2) is 31.2 Å². The van der Waals surface area contributed by atoms with Crippen molar-refractivity contribution >= 4 is 11.4 Å². The van der Waals surface area contributed by atoms with Crippen molar-refractivity contribution in [3.63, 3.8) is 0 Å². The smallest absolute Gasteiger partial charge is 0.312 e. The molecule has 0 bridgehead atoms. The first-order valence-electron chi connectivity index (χ1n) is 7.40. The predicted octanol–water partition coefficient (Wildman–Crippen LogP) is 3.01. The Morgan fingerprint density at radius 2 is 1.96 bits per heavy atom. The minimum atomic E-state index is -0.405. The van der Waals surface area contributed by atoms with Crippen LogP contribution in [0.15, 0.2) is 48.5 Å². The number of methoxy groups -OCH3 is 1. The molecule has 6 nitrogen and oxygen atoms in total. The number of ether oxygens (including phenoxy) is 2. The third-order valence-corrected chi connectivity index (χ3v) is 3.92. The van der Waals surface area contributed by atoms with E-state index in [1.807, 2.05) is 41.3 Å². The molecule has 23 heavy (non-hydrogen) atoms. The zero-order chi connectivity index (χ0) is 16.2. The number of nitro groups is 1. The lowest BCUT2D eigenvalue weighted by molar-refractivity contribution is -0.385. The van der Waals surface area contributed by atoms with Gasteiger partial charge in [0.05, 0.1) is 11.0 Å². The van der Waals surface area contributed by atoms with Crippen molar-refractivity contribution in [2.24, 2.45) is 0 Å². The Hall–Kier alpha value is -2.60. The SMILES string of the molecule is COC1CN(c2ccc(OCc3ccccc3)c([N+](=O)[O-])c2)C1. The summed E-state index contributed by atoms with van der Waals surface area (Å²) >= 11 is 0. The van der Waals surface area contributed by atoms with Gasteiger partial charge in [-0.25, -0.2) is 0 Å². The molecule has 0 amide bonds. The van der Waals surface area contributed by atoms with Crippen LogP contribution in [0.1, 0.15) is 5.56 Å². The maximum Gasteiger partial charge on any atom is 0.312 e. The number of benzene rings is 2. The average Bonchev–Trinajstić information content (AvgIpc) is 2.53. The fourth-order valence-corrected chi connectivity index (χ4v) is 2.50. The Bertz CT molecular complexity index is 684. The first kappa shape index (κ1) is 15.3. The summed E-state index contributed by atoms with van der Waals surface area (Å²) in [6.45, 7) is 1.80. The summed E-state index contributed by atoms with van der Waals surface area (Å²) < 4.78 is 10.9. The predicted molar refractivity (Wildman–Crippen MR) is 86.9 cm³/mol. The van der Waals surface area contributed by atoms with Gasteiger partial charge in [0.15, 0.2) is 5.75 Å². The minimum Gasteiger partial charge on any atom is -0.482 e. The standard InChI is InChI=1S/C17H18N2O4/c1-22-15-10-18(11-15)14-7-8-17(16(9-14)19(20)21)23-12-13-5-3-2-4-6-13/h2-9,15H,10-12H2,1H3. The highest BCUT2D eigenvalue weighted by Gasteiger charge is 2.28. The first-order valence-corrected chi connectivity index (χ1v) is 7.40. The molecule has 1 aliphatic rings. The molecule has 6 heteroatoms. The Balaban J connectivity index is 1.74. The molecule has 2 aromatic rings. The third kappa shape index (κ3) is 3.43. The molecule has 0 unspecified atom stereocenters. The van der Waals surface area contributed by atoms with Gasteiger partial charge >= 0.3 is 5.69 Å². The highest BCUT2D eigenvalue weighted by atomic mass is 16.6. The van der Waals surface area contributed by atoms with Crippen LogP contribution in [0.25, 0.3) is 0 Å². The van der Waals surface area contributed by atoms with Crippen LogP contribution in [0.5, 0.6) is 5.75 Å². The Labute approximate surface area is 134 Å². The number of anilines is 1. The number of hydrogen-bond donors (Lipinski definition) is 0. The molecule has 2 aromatic carbocycles. The summed E-state index contributed by atoms with van der Waals surface area (Å²) in [5, 5.41) is 11.3. The molecule has 3 rings (SSSR count). The van der Waals surface area contributed by atoms with Gasteiger partial charge in [-0.2, -0.15) is 0 Å². The van der Waals surface area contributed by atoms with Crippen LogP contribution < -0.4 is 9.64 Å². The molecule has 0 aromatic heterocycles. The summed E-state index contributed by atoms with van der Waals surface area (Å²) in [5.41, 5.74) is 1.77. The summed E-state index contributed by atoms with van der Waals surface area (Å²) in [7, 11) is 1.67. The van der Waals surface area contributed by atoms with Crippen LogP contribution in [0.4, 0.5) is 11.4 Å². The van der Waals surface area contributed by atoms with Gasteiger partial charge in [0.1, 0.15) is 6.61 Å². The molecule has 1 saturated heterocycles. The second-order valence-corrected chi connectivity index (χ2v) is 5.45. The minimum absolute atomic E-state index is 0.0145. The van der Waals surface area contributed by atoms with E-state index in [0.29, 0.717) is 6.61 Å². The highest BCUT2D eigenvalue weighted by molar-refractivity contribution is 5.61. The summed E-state index contributed by atoms with van der Waals surface area (Å²) in [4.78, 5) is 13.0. The quantitative estimate of drug-likeness (QED) is 0.606. The van der Waals surface area contributed by atoms with Gasteiger partial charge < -0.3 is 14.4 Å². The van der Waals surface area contributed by atoms with Crippen molar-refractivity contribution in [3.05, 3.63) is 64.2 Å². The van der Waals surface area contributed by atoms with Gasteiger partial charge in [-0.3, -0.25) is 10.1 Å². The van der Waals surface area contributed by atoms with Gasteiger partial charge in [-0.15, -0.1) is 0 Å². The Morgan fingerprint density at radius 1 is 1.22 bits per heavy atom. The first-order chi connectivity index (χ1) is 11.2. The number of rotatable bonds is 6. The van der Waals surface area contributed by atoms with Crippen LogP contribution in [0, 0.1) is 10.1 Å². The van der Waals surface area contributed by atoms with Crippen molar-refractivity contribution in [2.45, 2.75) is 12.7 Å². The van der Waals surface area contributed by atoms with Gasteiger partial charge in [-0.1, -0.05) is 30.3 Å².